The third-order valence-electron chi connectivity index (χ3n) is 2.43. The SMILES string of the molecule is CC/C(=C/CNCCn1ccnc1)C(=O)OC. The number of nitrogens with zero attached hydrogens (tertiary/aromatic N) is 2. The van der Waals surface area contributed by atoms with Crippen molar-refractivity contribution in [2.75, 3.05) is 20.2 Å². The van der Waals surface area contributed by atoms with Gasteiger partial charge in [-0.1, -0.05) is 13.0 Å². The number of carbonyl (C=O) groups excluding carboxylic acids is 1. The molecule has 0 aliphatic rings. The molecule has 0 aliphatic carbocycles. The van der Waals surface area contributed by atoms with Gasteiger partial charge in [-0.3, -0.25) is 0 Å². The molecule has 0 unspecified atom stereocenters. The van der Waals surface area contributed by atoms with Crippen molar-refractivity contribution in [3.8, 4) is 0 Å². The average molecular weight is 237 g/mol. The van der Waals surface area contributed by atoms with Gasteiger partial charge in [-0.25, -0.2) is 9.78 Å². The first kappa shape index (κ1) is 13.4. The number of hydrogen-bond donors (Lipinski definition) is 1. The molecule has 5 nitrogen and oxygen atoms in total. The normalized spacial score (nSPS) is 11.5. The van der Waals surface area contributed by atoms with Crippen LogP contribution >= 0.6 is 0 Å². The van der Waals surface area contributed by atoms with Crippen LogP contribution in [0.2, 0.25) is 0 Å². The van der Waals surface area contributed by atoms with Crippen LogP contribution in [0.25, 0.3) is 0 Å². The quantitative estimate of drug-likeness (QED) is 0.436. The molecule has 5 heteroatoms. The summed E-state index contributed by atoms with van der Waals surface area (Å²) in [5.41, 5.74) is 0.711. The fourth-order valence-corrected chi connectivity index (χ4v) is 1.43. The van der Waals surface area contributed by atoms with Crippen molar-refractivity contribution in [3.05, 3.63) is 30.4 Å². The second-order valence-electron chi connectivity index (χ2n) is 3.58. The first-order valence-corrected chi connectivity index (χ1v) is 5.71. The molecule has 0 amide bonds. The topological polar surface area (TPSA) is 56.2 Å². The maximum Gasteiger partial charge on any atom is 0.333 e. The standard InChI is InChI=1S/C12H19N3O2/c1-3-11(12(16)17-2)4-5-13-6-8-15-9-7-14-10-15/h4,7,9-10,13H,3,5-6,8H2,1-2H3/b11-4-. The summed E-state index contributed by atoms with van der Waals surface area (Å²) in [5.74, 6) is -0.246. The van der Waals surface area contributed by atoms with E-state index < -0.39 is 0 Å². The van der Waals surface area contributed by atoms with Crippen molar-refractivity contribution in [2.45, 2.75) is 19.9 Å². The van der Waals surface area contributed by atoms with E-state index in [2.05, 4.69) is 15.0 Å². The van der Waals surface area contributed by atoms with Crippen LogP contribution < -0.4 is 5.32 Å². The van der Waals surface area contributed by atoms with E-state index in [9.17, 15) is 4.79 Å². The summed E-state index contributed by atoms with van der Waals surface area (Å²) in [5, 5.41) is 3.23. The fourth-order valence-electron chi connectivity index (χ4n) is 1.43. The Kier molecular flexibility index (Phi) is 6.03. The van der Waals surface area contributed by atoms with Crippen LogP contribution in [0.5, 0.6) is 0 Å². The minimum absolute atomic E-state index is 0.246. The summed E-state index contributed by atoms with van der Waals surface area (Å²) in [6.45, 7) is 4.32. The molecule has 1 aromatic heterocycles. The Bertz CT molecular complexity index is 358. The van der Waals surface area contributed by atoms with Gasteiger partial charge < -0.3 is 14.6 Å². The van der Waals surface area contributed by atoms with Gasteiger partial charge in [-0.2, -0.15) is 0 Å². The van der Waals surface area contributed by atoms with Gasteiger partial charge in [0.15, 0.2) is 0 Å². The van der Waals surface area contributed by atoms with Crippen LogP contribution in [0.15, 0.2) is 30.4 Å². The number of ether oxygens (including phenoxy) is 1. The molecule has 0 spiro atoms. The van der Waals surface area contributed by atoms with E-state index >= 15 is 0 Å². The van der Waals surface area contributed by atoms with Crippen LogP contribution in [0.1, 0.15) is 13.3 Å². The Labute approximate surface area is 101 Å². The molecule has 1 heterocycles. The molecule has 1 N–H and O–H groups in total. The molecule has 0 radical (unpaired) electrons. The highest BCUT2D eigenvalue weighted by atomic mass is 16.5. The summed E-state index contributed by atoms with van der Waals surface area (Å²) in [6, 6.07) is 0. The predicted molar refractivity (Wildman–Crippen MR) is 65.5 cm³/mol. The minimum Gasteiger partial charge on any atom is -0.466 e. The molecule has 0 saturated heterocycles. The molecule has 0 aromatic carbocycles. The lowest BCUT2D eigenvalue weighted by molar-refractivity contribution is -0.136. The largest absolute Gasteiger partial charge is 0.466 e. The van der Waals surface area contributed by atoms with Gasteiger partial charge in [0.1, 0.15) is 0 Å². The molecule has 1 aromatic rings. The van der Waals surface area contributed by atoms with E-state index in [0.717, 1.165) is 13.1 Å². The van der Waals surface area contributed by atoms with Crippen LogP contribution in [-0.2, 0) is 16.1 Å². The molecule has 0 saturated carbocycles. The second kappa shape index (κ2) is 7.62. The summed E-state index contributed by atoms with van der Waals surface area (Å²) < 4.78 is 6.67. The van der Waals surface area contributed by atoms with E-state index in [1.54, 1.807) is 12.5 Å². The average Bonchev–Trinajstić information content (AvgIpc) is 2.86. The Balaban J connectivity index is 2.21. The zero-order chi connectivity index (χ0) is 12.5. The van der Waals surface area contributed by atoms with Crippen molar-refractivity contribution >= 4 is 5.97 Å². The Hall–Kier alpha value is -1.62. The third-order valence-corrected chi connectivity index (χ3v) is 2.43. The summed E-state index contributed by atoms with van der Waals surface area (Å²) >= 11 is 0. The fraction of sp³-hybridized carbons (Fsp3) is 0.500. The molecule has 0 fully saturated rings. The van der Waals surface area contributed by atoms with Gasteiger partial charge in [-0.05, 0) is 6.42 Å². The smallest absolute Gasteiger partial charge is 0.333 e. The number of esters is 1. The summed E-state index contributed by atoms with van der Waals surface area (Å²) in [4.78, 5) is 15.2. The zero-order valence-electron chi connectivity index (χ0n) is 10.3. The van der Waals surface area contributed by atoms with Crippen molar-refractivity contribution < 1.29 is 9.53 Å². The summed E-state index contributed by atoms with van der Waals surface area (Å²) in [6.07, 6.45) is 8.02. The van der Waals surface area contributed by atoms with E-state index in [0.29, 0.717) is 18.5 Å². The Morgan fingerprint density at radius 2 is 2.41 bits per heavy atom. The molecule has 1 rings (SSSR count). The molecule has 94 valence electrons. The third kappa shape index (κ3) is 4.82. The van der Waals surface area contributed by atoms with Gasteiger partial charge in [0, 0.05) is 37.6 Å². The number of methoxy groups -OCH3 is 1. The van der Waals surface area contributed by atoms with E-state index in [1.165, 1.54) is 7.11 Å². The maximum absolute atomic E-state index is 11.3. The van der Waals surface area contributed by atoms with Gasteiger partial charge >= 0.3 is 5.97 Å². The van der Waals surface area contributed by atoms with Gasteiger partial charge in [0.2, 0.25) is 0 Å². The van der Waals surface area contributed by atoms with Crippen molar-refractivity contribution in [1.82, 2.24) is 14.9 Å². The molecule has 0 atom stereocenters. The van der Waals surface area contributed by atoms with Crippen molar-refractivity contribution in [2.24, 2.45) is 0 Å². The van der Waals surface area contributed by atoms with Gasteiger partial charge in [0.05, 0.1) is 13.4 Å². The number of carbonyl (C=O) groups is 1. The molecule has 17 heavy (non-hydrogen) atoms. The van der Waals surface area contributed by atoms with Crippen LogP contribution in [0, 0.1) is 0 Å². The number of imidazole rings is 1. The van der Waals surface area contributed by atoms with Crippen LogP contribution in [0.3, 0.4) is 0 Å². The van der Waals surface area contributed by atoms with Crippen molar-refractivity contribution in [1.29, 1.82) is 0 Å². The van der Waals surface area contributed by atoms with Crippen LogP contribution in [0.4, 0.5) is 0 Å². The Morgan fingerprint density at radius 1 is 1.59 bits per heavy atom. The van der Waals surface area contributed by atoms with Crippen molar-refractivity contribution in [3.63, 3.8) is 0 Å². The zero-order valence-corrected chi connectivity index (χ0v) is 10.3. The number of aromatic nitrogens is 2. The predicted octanol–water partition coefficient (Wildman–Crippen LogP) is 0.982. The molecule has 0 aliphatic heterocycles. The highest BCUT2D eigenvalue weighted by Crippen LogP contribution is 2.01. The number of hydrogen-bond acceptors (Lipinski definition) is 4. The molecule has 0 bridgehead atoms. The first-order valence-electron chi connectivity index (χ1n) is 5.71. The molecular formula is C12H19N3O2. The van der Waals surface area contributed by atoms with E-state index in [-0.39, 0.29) is 5.97 Å². The highest BCUT2D eigenvalue weighted by Gasteiger charge is 2.05. The van der Waals surface area contributed by atoms with Gasteiger partial charge in [0.25, 0.3) is 0 Å². The highest BCUT2D eigenvalue weighted by molar-refractivity contribution is 5.88. The Morgan fingerprint density at radius 3 is 3.00 bits per heavy atom. The van der Waals surface area contributed by atoms with Gasteiger partial charge in [-0.15, -0.1) is 0 Å². The van der Waals surface area contributed by atoms with Crippen LogP contribution in [-0.4, -0.2) is 35.7 Å². The van der Waals surface area contributed by atoms with E-state index in [4.69, 9.17) is 0 Å². The lowest BCUT2D eigenvalue weighted by Gasteiger charge is -2.04. The van der Waals surface area contributed by atoms with E-state index in [1.807, 2.05) is 23.8 Å². The number of nitrogens with one attached hydrogen (secondary N) is 1. The first-order chi connectivity index (χ1) is 8.27. The second-order valence-corrected chi connectivity index (χ2v) is 3.58. The minimum atomic E-state index is -0.246. The lowest BCUT2D eigenvalue weighted by atomic mass is 10.2. The number of rotatable bonds is 7. The summed E-state index contributed by atoms with van der Waals surface area (Å²) in [7, 11) is 1.40. The lowest BCUT2D eigenvalue weighted by Crippen LogP contribution is -2.20. The monoisotopic (exact) mass is 237 g/mol. The maximum atomic E-state index is 11.3. The molecular weight excluding hydrogens is 218 g/mol.